The second kappa shape index (κ2) is 5.36. The van der Waals surface area contributed by atoms with Gasteiger partial charge in [0, 0.05) is 6.07 Å². The van der Waals surface area contributed by atoms with Gasteiger partial charge in [-0.2, -0.15) is 0 Å². The third kappa shape index (κ3) is 3.08. The van der Waals surface area contributed by atoms with E-state index in [2.05, 4.69) is 0 Å². The summed E-state index contributed by atoms with van der Waals surface area (Å²) in [5.41, 5.74) is 0.390. The zero-order valence-electron chi connectivity index (χ0n) is 10.3. The molecule has 102 valence electrons. The van der Waals surface area contributed by atoms with Crippen LogP contribution in [0.25, 0.3) is 6.08 Å². The molecule has 0 atom stereocenters. The van der Waals surface area contributed by atoms with E-state index >= 15 is 0 Å². The highest BCUT2D eigenvalue weighted by Gasteiger charge is 2.09. The van der Waals surface area contributed by atoms with Crippen molar-refractivity contribution in [2.45, 2.75) is 0 Å². The molecule has 0 heterocycles. The lowest BCUT2D eigenvalue weighted by molar-refractivity contribution is 0.104. The summed E-state index contributed by atoms with van der Waals surface area (Å²) in [4.78, 5) is 11.9. The molecule has 0 aliphatic rings. The lowest BCUT2D eigenvalue weighted by Crippen LogP contribution is -1.94. The van der Waals surface area contributed by atoms with Gasteiger partial charge in [-0.05, 0) is 42.0 Å². The first-order valence-electron chi connectivity index (χ1n) is 5.73. The van der Waals surface area contributed by atoms with Gasteiger partial charge in [0.15, 0.2) is 5.78 Å². The Labute approximate surface area is 114 Å². The standard InChI is InChI=1S/C15H12O5/c16-10-2-4-15(20)13(8-10)14(19)3-1-9-5-11(17)7-12(18)6-9/h1-8,16-18,20H. The van der Waals surface area contributed by atoms with E-state index in [-0.39, 0.29) is 28.6 Å². The molecule has 0 saturated heterocycles. The van der Waals surface area contributed by atoms with Gasteiger partial charge in [-0.15, -0.1) is 0 Å². The Bertz CT molecular complexity index is 668. The molecule has 0 bridgehead atoms. The van der Waals surface area contributed by atoms with Gasteiger partial charge in [0.2, 0.25) is 0 Å². The fourth-order valence-corrected chi connectivity index (χ4v) is 1.70. The van der Waals surface area contributed by atoms with Crippen LogP contribution in [0.1, 0.15) is 15.9 Å². The van der Waals surface area contributed by atoms with Gasteiger partial charge < -0.3 is 20.4 Å². The maximum absolute atomic E-state index is 11.9. The Morgan fingerprint density at radius 1 is 0.850 bits per heavy atom. The predicted molar refractivity (Wildman–Crippen MR) is 72.9 cm³/mol. The predicted octanol–water partition coefficient (Wildman–Crippen LogP) is 2.41. The van der Waals surface area contributed by atoms with Crippen molar-refractivity contribution in [2.75, 3.05) is 0 Å². The fraction of sp³-hybridized carbons (Fsp3) is 0. The molecular formula is C15H12O5. The maximum Gasteiger partial charge on any atom is 0.189 e. The number of aromatic hydroxyl groups is 4. The van der Waals surface area contributed by atoms with Crippen LogP contribution in [0.5, 0.6) is 23.0 Å². The highest BCUT2D eigenvalue weighted by molar-refractivity contribution is 6.08. The summed E-state index contributed by atoms with van der Waals surface area (Å²) in [5.74, 6) is -1.14. The van der Waals surface area contributed by atoms with Crippen molar-refractivity contribution in [3.63, 3.8) is 0 Å². The average Bonchev–Trinajstić information content (AvgIpc) is 2.38. The van der Waals surface area contributed by atoms with Crippen LogP contribution in [-0.4, -0.2) is 26.2 Å². The smallest absolute Gasteiger partial charge is 0.189 e. The number of hydrogen-bond acceptors (Lipinski definition) is 5. The van der Waals surface area contributed by atoms with Crippen LogP contribution in [0, 0.1) is 0 Å². The molecule has 4 N–H and O–H groups in total. The van der Waals surface area contributed by atoms with Gasteiger partial charge in [-0.25, -0.2) is 0 Å². The molecule has 0 radical (unpaired) electrons. The highest BCUT2D eigenvalue weighted by atomic mass is 16.3. The van der Waals surface area contributed by atoms with Crippen LogP contribution in [0.2, 0.25) is 0 Å². The van der Waals surface area contributed by atoms with Crippen molar-refractivity contribution in [2.24, 2.45) is 0 Å². The summed E-state index contributed by atoms with van der Waals surface area (Å²) in [6.45, 7) is 0. The number of allylic oxidation sites excluding steroid dienone is 1. The number of hydrogen-bond donors (Lipinski definition) is 4. The molecule has 0 saturated carbocycles. The molecule has 0 aliphatic carbocycles. The number of phenolic OH excluding ortho intramolecular Hbond substituents is 4. The van der Waals surface area contributed by atoms with Crippen molar-refractivity contribution in [1.29, 1.82) is 0 Å². The molecule has 0 fully saturated rings. The molecule has 2 aromatic rings. The number of rotatable bonds is 3. The number of phenols is 4. The normalized spacial score (nSPS) is 10.8. The summed E-state index contributed by atoms with van der Waals surface area (Å²) in [6, 6.07) is 7.54. The van der Waals surface area contributed by atoms with E-state index in [4.69, 9.17) is 0 Å². The monoisotopic (exact) mass is 272 g/mol. The Morgan fingerprint density at radius 2 is 1.50 bits per heavy atom. The largest absolute Gasteiger partial charge is 0.508 e. The van der Waals surface area contributed by atoms with E-state index in [1.54, 1.807) is 0 Å². The molecule has 0 aliphatic heterocycles. The minimum atomic E-state index is -0.513. The molecule has 0 aromatic heterocycles. The number of ketones is 1. The van der Waals surface area contributed by atoms with Gasteiger partial charge >= 0.3 is 0 Å². The summed E-state index contributed by atoms with van der Waals surface area (Å²) in [6.07, 6.45) is 2.55. The van der Waals surface area contributed by atoms with Crippen molar-refractivity contribution in [3.8, 4) is 23.0 Å². The third-order valence-corrected chi connectivity index (χ3v) is 2.60. The molecular weight excluding hydrogens is 260 g/mol. The van der Waals surface area contributed by atoms with E-state index in [1.165, 1.54) is 42.5 Å². The minimum Gasteiger partial charge on any atom is -0.508 e. The van der Waals surface area contributed by atoms with E-state index in [1.807, 2.05) is 0 Å². The molecule has 0 unspecified atom stereocenters. The Balaban J connectivity index is 2.26. The fourth-order valence-electron chi connectivity index (χ4n) is 1.70. The zero-order valence-corrected chi connectivity index (χ0v) is 10.3. The molecule has 20 heavy (non-hydrogen) atoms. The zero-order chi connectivity index (χ0) is 14.7. The van der Waals surface area contributed by atoms with E-state index < -0.39 is 5.78 Å². The topological polar surface area (TPSA) is 98.0 Å². The van der Waals surface area contributed by atoms with Crippen LogP contribution in [0.4, 0.5) is 0 Å². The van der Waals surface area contributed by atoms with Gasteiger partial charge in [0.25, 0.3) is 0 Å². The lowest BCUT2D eigenvalue weighted by atomic mass is 10.1. The Kier molecular flexibility index (Phi) is 3.61. The van der Waals surface area contributed by atoms with Crippen LogP contribution < -0.4 is 0 Å². The van der Waals surface area contributed by atoms with Crippen LogP contribution in [0.15, 0.2) is 42.5 Å². The van der Waals surface area contributed by atoms with Crippen molar-refractivity contribution >= 4 is 11.9 Å². The summed E-state index contributed by atoms with van der Waals surface area (Å²) < 4.78 is 0. The molecule has 2 aromatic carbocycles. The quantitative estimate of drug-likeness (QED) is 0.391. The Morgan fingerprint density at radius 3 is 2.15 bits per heavy atom. The van der Waals surface area contributed by atoms with E-state index in [0.29, 0.717) is 5.56 Å². The van der Waals surface area contributed by atoms with Crippen molar-refractivity contribution in [1.82, 2.24) is 0 Å². The summed E-state index contributed by atoms with van der Waals surface area (Å²) in [5, 5.41) is 37.4. The third-order valence-electron chi connectivity index (χ3n) is 2.60. The van der Waals surface area contributed by atoms with Crippen LogP contribution in [0.3, 0.4) is 0 Å². The minimum absolute atomic E-state index is 0.0365. The molecule has 5 nitrogen and oxygen atoms in total. The number of benzene rings is 2. The molecule has 0 amide bonds. The SMILES string of the molecule is O=C(C=Cc1cc(O)cc(O)c1)c1cc(O)ccc1O. The van der Waals surface area contributed by atoms with Gasteiger partial charge in [-0.3, -0.25) is 4.79 Å². The summed E-state index contributed by atoms with van der Waals surface area (Å²) in [7, 11) is 0. The van der Waals surface area contributed by atoms with Crippen molar-refractivity contribution in [3.05, 3.63) is 53.6 Å². The molecule has 0 spiro atoms. The van der Waals surface area contributed by atoms with Gasteiger partial charge in [0.1, 0.15) is 23.0 Å². The van der Waals surface area contributed by atoms with Crippen molar-refractivity contribution < 1.29 is 25.2 Å². The van der Waals surface area contributed by atoms with E-state index in [0.717, 1.165) is 6.07 Å². The van der Waals surface area contributed by atoms with Gasteiger partial charge in [-0.1, -0.05) is 6.08 Å². The Hall–Kier alpha value is -2.95. The van der Waals surface area contributed by atoms with Crippen LogP contribution >= 0.6 is 0 Å². The average molecular weight is 272 g/mol. The van der Waals surface area contributed by atoms with Gasteiger partial charge in [0.05, 0.1) is 5.56 Å². The summed E-state index contributed by atoms with van der Waals surface area (Å²) >= 11 is 0. The molecule has 2 rings (SSSR count). The molecule has 5 heteroatoms. The lowest BCUT2D eigenvalue weighted by Gasteiger charge is -2.01. The number of carbonyl (C=O) groups is 1. The second-order valence-electron chi connectivity index (χ2n) is 4.18. The first kappa shape index (κ1) is 13.5. The maximum atomic E-state index is 11.9. The first-order valence-corrected chi connectivity index (χ1v) is 5.73. The van der Waals surface area contributed by atoms with E-state index in [9.17, 15) is 25.2 Å². The second-order valence-corrected chi connectivity index (χ2v) is 4.18. The first-order chi connectivity index (χ1) is 9.45. The van der Waals surface area contributed by atoms with Crippen LogP contribution in [-0.2, 0) is 0 Å². The number of carbonyl (C=O) groups excluding carboxylic acids is 1. The highest BCUT2D eigenvalue weighted by Crippen LogP contribution is 2.24.